The van der Waals surface area contributed by atoms with E-state index in [0.717, 1.165) is 18.8 Å². The molecular weight excluding hydrogens is 240 g/mol. The Labute approximate surface area is 114 Å². The summed E-state index contributed by atoms with van der Waals surface area (Å²) in [4.78, 5) is 14.1. The summed E-state index contributed by atoms with van der Waals surface area (Å²) in [6, 6.07) is 7.23. The van der Waals surface area contributed by atoms with Crippen LogP contribution in [0.3, 0.4) is 0 Å². The molecule has 0 bridgehead atoms. The largest absolute Gasteiger partial charge is 0.372 e. The van der Waals surface area contributed by atoms with E-state index in [4.69, 9.17) is 10.5 Å². The molecule has 1 saturated heterocycles. The standard InChI is InChI=1S/C15H22N2O2/c1-10-8-17(9-11(2)19-10)14-6-4-13(5-7-14)15(18)12(3)16/h4-7,10-12H,8-9,16H2,1-3H3. The summed E-state index contributed by atoms with van der Waals surface area (Å²) >= 11 is 0. The van der Waals surface area contributed by atoms with E-state index in [1.807, 2.05) is 24.3 Å². The van der Waals surface area contributed by atoms with Crippen LogP contribution >= 0.6 is 0 Å². The molecule has 0 spiro atoms. The highest BCUT2D eigenvalue weighted by molar-refractivity contribution is 5.99. The molecule has 0 aromatic heterocycles. The number of Topliss-reactive ketones (excluding diaryl/α,β-unsaturated/α-hetero) is 1. The number of rotatable bonds is 3. The Morgan fingerprint density at radius 1 is 1.26 bits per heavy atom. The lowest BCUT2D eigenvalue weighted by atomic mass is 10.1. The number of hydrogen-bond donors (Lipinski definition) is 1. The molecule has 0 amide bonds. The third-order valence-electron chi connectivity index (χ3n) is 3.35. The van der Waals surface area contributed by atoms with E-state index in [9.17, 15) is 4.79 Å². The molecule has 0 saturated carbocycles. The molecule has 19 heavy (non-hydrogen) atoms. The number of benzene rings is 1. The fraction of sp³-hybridized carbons (Fsp3) is 0.533. The van der Waals surface area contributed by atoms with Crippen molar-refractivity contribution < 1.29 is 9.53 Å². The maximum absolute atomic E-state index is 11.8. The van der Waals surface area contributed by atoms with Crippen LogP contribution in [0.1, 0.15) is 31.1 Å². The number of carbonyl (C=O) groups is 1. The lowest BCUT2D eigenvalue weighted by molar-refractivity contribution is -0.00522. The van der Waals surface area contributed by atoms with Gasteiger partial charge in [-0.1, -0.05) is 0 Å². The quantitative estimate of drug-likeness (QED) is 0.844. The van der Waals surface area contributed by atoms with Crippen molar-refractivity contribution in [2.75, 3.05) is 18.0 Å². The molecule has 3 atom stereocenters. The van der Waals surface area contributed by atoms with Gasteiger partial charge in [0.05, 0.1) is 18.2 Å². The fourth-order valence-corrected chi connectivity index (χ4v) is 2.49. The normalized spacial score (nSPS) is 25.2. The number of anilines is 1. The van der Waals surface area contributed by atoms with Crippen LogP contribution in [-0.2, 0) is 4.74 Å². The van der Waals surface area contributed by atoms with E-state index in [-0.39, 0.29) is 18.0 Å². The summed E-state index contributed by atoms with van der Waals surface area (Å²) in [7, 11) is 0. The number of carbonyl (C=O) groups excluding carboxylic acids is 1. The molecule has 2 rings (SSSR count). The first-order valence-corrected chi connectivity index (χ1v) is 6.77. The van der Waals surface area contributed by atoms with Gasteiger partial charge in [-0.15, -0.1) is 0 Å². The zero-order valence-electron chi connectivity index (χ0n) is 11.8. The number of morpholine rings is 1. The van der Waals surface area contributed by atoms with Crippen molar-refractivity contribution in [2.24, 2.45) is 5.73 Å². The number of nitrogens with two attached hydrogens (primary N) is 1. The highest BCUT2D eigenvalue weighted by Crippen LogP contribution is 2.21. The van der Waals surface area contributed by atoms with Gasteiger partial charge in [0.1, 0.15) is 0 Å². The van der Waals surface area contributed by atoms with Gasteiger partial charge in [0.25, 0.3) is 0 Å². The lowest BCUT2D eigenvalue weighted by Crippen LogP contribution is -2.45. The van der Waals surface area contributed by atoms with Crippen LogP contribution in [-0.4, -0.2) is 37.1 Å². The molecule has 4 heteroatoms. The summed E-state index contributed by atoms with van der Waals surface area (Å²) in [6.07, 6.45) is 0.461. The number of ketones is 1. The van der Waals surface area contributed by atoms with E-state index < -0.39 is 6.04 Å². The van der Waals surface area contributed by atoms with E-state index in [2.05, 4.69) is 18.7 Å². The second-order valence-corrected chi connectivity index (χ2v) is 5.36. The van der Waals surface area contributed by atoms with Crippen LogP contribution in [0.5, 0.6) is 0 Å². The first-order chi connectivity index (χ1) is 8.97. The van der Waals surface area contributed by atoms with Gasteiger partial charge in [0.15, 0.2) is 5.78 Å². The molecule has 1 aliphatic rings. The van der Waals surface area contributed by atoms with E-state index in [1.54, 1.807) is 6.92 Å². The van der Waals surface area contributed by atoms with Crippen LogP contribution in [0, 0.1) is 0 Å². The second kappa shape index (κ2) is 5.72. The van der Waals surface area contributed by atoms with Crippen molar-refractivity contribution in [3.05, 3.63) is 29.8 Å². The Morgan fingerprint density at radius 3 is 2.26 bits per heavy atom. The predicted molar refractivity (Wildman–Crippen MR) is 76.6 cm³/mol. The Hall–Kier alpha value is -1.39. The Kier molecular flexibility index (Phi) is 4.22. The van der Waals surface area contributed by atoms with Gasteiger partial charge in [-0.25, -0.2) is 0 Å². The van der Waals surface area contributed by atoms with Crippen LogP contribution in [0.25, 0.3) is 0 Å². The minimum Gasteiger partial charge on any atom is -0.372 e. The minimum atomic E-state index is -0.450. The summed E-state index contributed by atoms with van der Waals surface area (Å²) < 4.78 is 5.72. The molecule has 104 valence electrons. The van der Waals surface area contributed by atoms with E-state index in [1.165, 1.54) is 0 Å². The third kappa shape index (κ3) is 3.33. The smallest absolute Gasteiger partial charge is 0.179 e. The van der Waals surface area contributed by atoms with Gasteiger partial charge < -0.3 is 15.4 Å². The van der Waals surface area contributed by atoms with Gasteiger partial charge in [-0.05, 0) is 45.0 Å². The highest BCUT2D eigenvalue weighted by atomic mass is 16.5. The lowest BCUT2D eigenvalue weighted by Gasteiger charge is -2.36. The van der Waals surface area contributed by atoms with Gasteiger partial charge >= 0.3 is 0 Å². The van der Waals surface area contributed by atoms with Crippen molar-refractivity contribution in [1.82, 2.24) is 0 Å². The van der Waals surface area contributed by atoms with Gasteiger partial charge in [0.2, 0.25) is 0 Å². The molecule has 1 heterocycles. The van der Waals surface area contributed by atoms with Gasteiger partial charge in [-0.2, -0.15) is 0 Å². The number of ether oxygens (including phenoxy) is 1. The molecule has 0 aliphatic carbocycles. The van der Waals surface area contributed by atoms with Gasteiger partial charge in [-0.3, -0.25) is 4.79 Å². The number of nitrogens with zero attached hydrogens (tertiary/aromatic N) is 1. The summed E-state index contributed by atoms with van der Waals surface area (Å²) in [5, 5.41) is 0. The number of hydrogen-bond acceptors (Lipinski definition) is 4. The van der Waals surface area contributed by atoms with E-state index in [0.29, 0.717) is 5.56 Å². The molecular formula is C15H22N2O2. The Balaban J connectivity index is 2.12. The Morgan fingerprint density at radius 2 is 1.79 bits per heavy atom. The molecule has 0 radical (unpaired) electrons. The maximum atomic E-state index is 11.8. The minimum absolute atomic E-state index is 0.0183. The maximum Gasteiger partial charge on any atom is 0.179 e. The average molecular weight is 262 g/mol. The van der Waals surface area contributed by atoms with Gasteiger partial charge in [0, 0.05) is 24.3 Å². The average Bonchev–Trinajstić information content (AvgIpc) is 2.37. The van der Waals surface area contributed by atoms with Crippen LogP contribution < -0.4 is 10.6 Å². The molecule has 1 aromatic rings. The molecule has 2 N–H and O–H groups in total. The molecule has 1 aliphatic heterocycles. The first-order valence-electron chi connectivity index (χ1n) is 6.77. The van der Waals surface area contributed by atoms with Crippen molar-refractivity contribution in [2.45, 2.75) is 39.0 Å². The molecule has 1 aromatic carbocycles. The van der Waals surface area contributed by atoms with Crippen molar-refractivity contribution in [3.8, 4) is 0 Å². The van der Waals surface area contributed by atoms with Crippen LogP contribution in [0.15, 0.2) is 24.3 Å². The van der Waals surface area contributed by atoms with E-state index >= 15 is 0 Å². The van der Waals surface area contributed by atoms with Crippen molar-refractivity contribution in [1.29, 1.82) is 0 Å². The van der Waals surface area contributed by atoms with Crippen LogP contribution in [0.2, 0.25) is 0 Å². The molecule has 4 nitrogen and oxygen atoms in total. The van der Waals surface area contributed by atoms with Crippen LogP contribution in [0.4, 0.5) is 5.69 Å². The Bertz CT molecular complexity index is 432. The first kappa shape index (κ1) is 14.0. The predicted octanol–water partition coefficient (Wildman–Crippen LogP) is 1.83. The summed E-state index contributed by atoms with van der Waals surface area (Å²) in [6.45, 7) is 7.63. The zero-order chi connectivity index (χ0) is 14.0. The second-order valence-electron chi connectivity index (χ2n) is 5.36. The topological polar surface area (TPSA) is 55.6 Å². The van der Waals surface area contributed by atoms with Crippen molar-refractivity contribution >= 4 is 11.5 Å². The summed E-state index contributed by atoms with van der Waals surface area (Å²) in [5.74, 6) is -0.0183. The molecule has 1 fully saturated rings. The SMILES string of the molecule is CC1CN(c2ccc(C(=O)C(C)N)cc2)CC(C)O1. The van der Waals surface area contributed by atoms with Crippen molar-refractivity contribution in [3.63, 3.8) is 0 Å². The zero-order valence-corrected chi connectivity index (χ0v) is 11.8. The fourth-order valence-electron chi connectivity index (χ4n) is 2.49. The monoisotopic (exact) mass is 262 g/mol. The molecule has 3 unspecified atom stereocenters. The third-order valence-corrected chi connectivity index (χ3v) is 3.35. The highest BCUT2D eigenvalue weighted by Gasteiger charge is 2.22. The summed E-state index contributed by atoms with van der Waals surface area (Å²) in [5.41, 5.74) is 7.41.